The SMILES string of the molecule is O=C(Nc1cc([C@H]2CC[C@@H](OC(=O)N3C4COCC3C4)C2)[nH]n1)OCc1ccccc1. The van der Waals surface area contributed by atoms with E-state index in [1.54, 1.807) is 0 Å². The van der Waals surface area contributed by atoms with Crippen molar-refractivity contribution in [2.75, 3.05) is 18.5 Å². The van der Waals surface area contributed by atoms with E-state index < -0.39 is 6.09 Å². The van der Waals surface area contributed by atoms with E-state index in [1.807, 2.05) is 41.3 Å². The van der Waals surface area contributed by atoms with Gasteiger partial charge in [-0.25, -0.2) is 9.59 Å². The highest BCUT2D eigenvalue weighted by Crippen LogP contribution is 2.37. The molecule has 3 fully saturated rings. The highest BCUT2D eigenvalue weighted by molar-refractivity contribution is 5.83. The van der Waals surface area contributed by atoms with Gasteiger partial charge in [-0.2, -0.15) is 5.10 Å². The van der Waals surface area contributed by atoms with E-state index in [9.17, 15) is 9.59 Å². The molecule has 2 amide bonds. The number of nitrogens with one attached hydrogen (secondary N) is 2. The summed E-state index contributed by atoms with van der Waals surface area (Å²) in [6.45, 7) is 1.41. The lowest BCUT2D eigenvalue weighted by molar-refractivity contribution is -0.117. The van der Waals surface area contributed by atoms with E-state index in [-0.39, 0.29) is 36.8 Å². The molecule has 0 spiro atoms. The Morgan fingerprint density at radius 3 is 2.74 bits per heavy atom. The summed E-state index contributed by atoms with van der Waals surface area (Å²) in [6.07, 6.45) is 2.60. The predicted octanol–water partition coefficient (Wildman–Crippen LogP) is 3.40. The maximum absolute atomic E-state index is 12.5. The van der Waals surface area contributed by atoms with Gasteiger partial charge in [-0.3, -0.25) is 15.3 Å². The van der Waals surface area contributed by atoms with Crippen molar-refractivity contribution in [1.82, 2.24) is 15.1 Å². The fourth-order valence-electron chi connectivity index (χ4n) is 4.64. The Balaban J connectivity index is 1.08. The molecule has 1 aromatic heterocycles. The predicted molar refractivity (Wildman–Crippen MR) is 111 cm³/mol. The topological polar surface area (TPSA) is 106 Å². The first kappa shape index (κ1) is 19.9. The second kappa shape index (κ2) is 8.58. The monoisotopic (exact) mass is 426 g/mol. The zero-order valence-corrected chi connectivity index (χ0v) is 17.2. The van der Waals surface area contributed by atoms with Crippen molar-refractivity contribution in [3.63, 3.8) is 0 Å². The summed E-state index contributed by atoms with van der Waals surface area (Å²) >= 11 is 0. The Morgan fingerprint density at radius 1 is 1.16 bits per heavy atom. The minimum absolute atomic E-state index is 0.102. The van der Waals surface area contributed by atoms with Crippen LogP contribution < -0.4 is 5.32 Å². The number of carbonyl (C=O) groups is 2. The standard InChI is InChI=1S/C22H26N4O5/c27-21(30-11-14-4-2-1-3-5-14)23-20-10-19(24-25-20)15-6-7-18(8-15)31-22(28)26-16-9-17(26)13-29-12-16/h1-5,10,15-18H,6-9,11-13H2,(H2,23,24,25,27)/t15-,16?,17?,18+/m0/s1. The molecule has 1 aromatic carbocycles. The van der Waals surface area contributed by atoms with Crippen LogP contribution in [0.25, 0.3) is 0 Å². The van der Waals surface area contributed by atoms with Crippen molar-refractivity contribution in [2.45, 2.75) is 56.4 Å². The lowest BCUT2D eigenvalue weighted by Crippen LogP contribution is -2.65. The molecule has 2 aliphatic heterocycles. The summed E-state index contributed by atoms with van der Waals surface area (Å²) in [4.78, 5) is 26.3. The van der Waals surface area contributed by atoms with Gasteiger partial charge in [0.05, 0.1) is 25.3 Å². The second-order valence-corrected chi connectivity index (χ2v) is 8.40. The maximum atomic E-state index is 12.5. The van der Waals surface area contributed by atoms with E-state index >= 15 is 0 Å². The van der Waals surface area contributed by atoms with Crippen molar-refractivity contribution in [3.8, 4) is 0 Å². The van der Waals surface area contributed by atoms with Gasteiger partial charge in [-0.1, -0.05) is 30.3 Å². The van der Waals surface area contributed by atoms with Gasteiger partial charge >= 0.3 is 12.2 Å². The summed E-state index contributed by atoms with van der Waals surface area (Å²) in [6, 6.07) is 11.7. The van der Waals surface area contributed by atoms with Crippen LogP contribution in [-0.4, -0.2) is 58.7 Å². The Hall–Kier alpha value is -3.07. The first-order chi connectivity index (χ1) is 15.2. The minimum Gasteiger partial charge on any atom is -0.446 e. The van der Waals surface area contributed by atoms with Crippen LogP contribution in [0.2, 0.25) is 0 Å². The van der Waals surface area contributed by atoms with Gasteiger partial charge < -0.3 is 14.2 Å². The molecule has 1 aliphatic carbocycles. The molecule has 2 bridgehead atoms. The highest BCUT2D eigenvalue weighted by atomic mass is 16.6. The van der Waals surface area contributed by atoms with Crippen LogP contribution in [-0.2, 0) is 20.8 Å². The molecule has 1 saturated carbocycles. The molecule has 0 radical (unpaired) electrons. The number of rotatable bonds is 5. The molecule has 2 saturated heterocycles. The van der Waals surface area contributed by atoms with Crippen molar-refractivity contribution in [2.24, 2.45) is 0 Å². The van der Waals surface area contributed by atoms with Crippen LogP contribution in [0.15, 0.2) is 36.4 Å². The number of ether oxygens (including phenoxy) is 3. The Bertz CT molecular complexity index is 919. The Labute approximate surface area is 180 Å². The Kier molecular flexibility index (Phi) is 5.50. The van der Waals surface area contributed by atoms with Crippen LogP contribution in [0, 0.1) is 0 Å². The number of nitrogens with zero attached hydrogens (tertiary/aromatic N) is 2. The number of H-pyrrole nitrogens is 1. The zero-order valence-electron chi connectivity index (χ0n) is 17.2. The van der Waals surface area contributed by atoms with E-state index in [0.29, 0.717) is 19.0 Å². The molecular weight excluding hydrogens is 400 g/mol. The van der Waals surface area contributed by atoms with E-state index in [0.717, 1.165) is 36.9 Å². The lowest BCUT2D eigenvalue weighted by atomic mass is 9.92. The third-order valence-corrected chi connectivity index (χ3v) is 6.29. The summed E-state index contributed by atoms with van der Waals surface area (Å²) in [5.41, 5.74) is 1.84. The molecule has 2 aromatic rings. The molecule has 3 heterocycles. The molecule has 31 heavy (non-hydrogen) atoms. The average Bonchev–Trinajstić information content (AvgIpc) is 3.43. The first-order valence-corrected chi connectivity index (χ1v) is 10.8. The summed E-state index contributed by atoms with van der Waals surface area (Å²) < 4.78 is 16.4. The van der Waals surface area contributed by atoms with Crippen LogP contribution in [0.5, 0.6) is 0 Å². The van der Waals surface area contributed by atoms with E-state index in [2.05, 4.69) is 15.5 Å². The maximum Gasteiger partial charge on any atom is 0.413 e. The largest absolute Gasteiger partial charge is 0.446 e. The van der Waals surface area contributed by atoms with Gasteiger partial charge in [-0.05, 0) is 31.2 Å². The number of hydrogen-bond donors (Lipinski definition) is 2. The van der Waals surface area contributed by atoms with Gasteiger partial charge in [0.25, 0.3) is 0 Å². The van der Waals surface area contributed by atoms with Crippen LogP contribution in [0.1, 0.15) is 42.9 Å². The number of aromatic amines is 1. The summed E-state index contributed by atoms with van der Waals surface area (Å²) in [5.74, 6) is 0.627. The van der Waals surface area contributed by atoms with Gasteiger partial charge in [0.1, 0.15) is 12.7 Å². The number of carbonyl (C=O) groups excluding carboxylic acids is 2. The summed E-state index contributed by atoms with van der Waals surface area (Å²) in [7, 11) is 0. The molecule has 9 nitrogen and oxygen atoms in total. The quantitative estimate of drug-likeness (QED) is 0.759. The average molecular weight is 426 g/mol. The summed E-state index contributed by atoms with van der Waals surface area (Å²) in [5, 5.41) is 9.80. The number of hydrogen-bond acceptors (Lipinski definition) is 6. The van der Waals surface area contributed by atoms with Gasteiger partial charge in [0.15, 0.2) is 5.82 Å². The van der Waals surface area contributed by atoms with Crippen molar-refractivity contribution < 1.29 is 23.8 Å². The van der Waals surface area contributed by atoms with E-state index in [4.69, 9.17) is 14.2 Å². The van der Waals surface area contributed by atoms with Gasteiger partial charge in [-0.15, -0.1) is 0 Å². The first-order valence-electron chi connectivity index (χ1n) is 10.8. The number of amides is 2. The lowest BCUT2D eigenvalue weighted by Gasteiger charge is -2.51. The fraction of sp³-hybridized carbons (Fsp3) is 0.500. The van der Waals surface area contributed by atoms with Crippen LogP contribution in [0.3, 0.4) is 0 Å². The van der Waals surface area contributed by atoms with Crippen molar-refractivity contribution in [1.29, 1.82) is 0 Å². The molecule has 3 aliphatic rings. The Morgan fingerprint density at radius 2 is 1.97 bits per heavy atom. The highest BCUT2D eigenvalue weighted by Gasteiger charge is 2.47. The molecular formula is C22H26N4O5. The number of benzene rings is 1. The molecule has 2 unspecified atom stereocenters. The zero-order chi connectivity index (χ0) is 21.2. The van der Waals surface area contributed by atoms with Crippen molar-refractivity contribution >= 4 is 18.0 Å². The third-order valence-electron chi connectivity index (χ3n) is 6.29. The molecule has 164 valence electrons. The number of aromatic nitrogens is 2. The molecule has 2 N–H and O–H groups in total. The smallest absolute Gasteiger partial charge is 0.413 e. The van der Waals surface area contributed by atoms with Gasteiger partial charge in [0.2, 0.25) is 0 Å². The normalized spacial score (nSPS) is 26.8. The second-order valence-electron chi connectivity index (χ2n) is 8.40. The number of fused-ring (bicyclic) bond motifs is 2. The molecule has 5 rings (SSSR count). The number of morpholine rings is 1. The van der Waals surface area contributed by atoms with Crippen molar-refractivity contribution in [3.05, 3.63) is 47.7 Å². The molecule has 9 heteroatoms. The van der Waals surface area contributed by atoms with E-state index in [1.165, 1.54) is 0 Å². The van der Waals surface area contributed by atoms with Gasteiger partial charge in [0, 0.05) is 17.7 Å². The van der Waals surface area contributed by atoms with Crippen LogP contribution in [0.4, 0.5) is 15.4 Å². The van der Waals surface area contributed by atoms with Crippen LogP contribution >= 0.6 is 0 Å². The third kappa shape index (κ3) is 4.36. The fourth-order valence-corrected chi connectivity index (χ4v) is 4.64. The number of anilines is 1. The minimum atomic E-state index is -0.552. The molecule has 4 atom stereocenters.